The van der Waals surface area contributed by atoms with Crippen LogP contribution in [-0.4, -0.2) is 44.5 Å². The van der Waals surface area contributed by atoms with Gasteiger partial charge in [0.1, 0.15) is 5.75 Å². The van der Waals surface area contributed by atoms with Gasteiger partial charge in [-0.25, -0.2) is 9.78 Å². The zero-order valence-electron chi connectivity index (χ0n) is 15.8. The molecule has 2 aromatic rings. The zero-order chi connectivity index (χ0) is 19.8. The number of aromatic nitrogens is 1. The lowest BCUT2D eigenvalue weighted by atomic mass is 9.97. The van der Waals surface area contributed by atoms with E-state index in [0.29, 0.717) is 34.9 Å². The minimum Gasteiger partial charge on any atom is -0.495 e. The number of methoxy groups -OCH3 is 4. The third-order valence-electron chi connectivity index (χ3n) is 3.88. The fourth-order valence-electron chi connectivity index (χ4n) is 2.74. The molecular formula is C20H23NO6. The molecule has 27 heavy (non-hydrogen) atoms. The first kappa shape index (κ1) is 20.4. The molecule has 0 amide bonds. The molecule has 144 valence electrons. The van der Waals surface area contributed by atoms with Gasteiger partial charge in [0.2, 0.25) is 5.88 Å². The summed E-state index contributed by atoms with van der Waals surface area (Å²) in [5.41, 5.74) is 2.88. The van der Waals surface area contributed by atoms with Crippen LogP contribution in [-0.2, 0) is 22.7 Å². The van der Waals surface area contributed by atoms with Gasteiger partial charge in [-0.15, -0.1) is 0 Å². The second-order valence-electron chi connectivity index (χ2n) is 5.69. The number of pyridine rings is 1. The minimum absolute atomic E-state index is 0.187. The number of hydrogen-bond donors (Lipinski definition) is 1. The first-order chi connectivity index (χ1) is 13.0. The van der Waals surface area contributed by atoms with Crippen LogP contribution < -0.4 is 9.47 Å². The van der Waals surface area contributed by atoms with Crippen molar-refractivity contribution in [2.75, 3.05) is 28.4 Å². The first-order valence-electron chi connectivity index (χ1n) is 8.17. The smallest absolute Gasteiger partial charge is 0.336 e. The topological polar surface area (TPSA) is 87.1 Å². The molecule has 2 rings (SSSR count). The molecule has 1 aromatic carbocycles. The van der Waals surface area contributed by atoms with Crippen molar-refractivity contribution in [3.8, 4) is 11.6 Å². The highest BCUT2D eigenvalue weighted by molar-refractivity contribution is 5.95. The monoisotopic (exact) mass is 373 g/mol. The highest BCUT2D eigenvalue weighted by Gasteiger charge is 2.16. The standard InChI is InChI=1S/C20H23NO6/c1-24-11-13-7-15(19(20(22)23)16(8-13)12-25-2)6-5-14-9-18(27-4)21-10-17(14)26-3/h5-10H,11-12H2,1-4H3,(H,22,23)/b6-5+. The van der Waals surface area contributed by atoms with Crippen LogP contribution in [0.5, 0.6) is 11.6 Å². The number of nitrogens with zero attached hydrogens (tertiary/aromatic N) is 1. The molecule has 0 radical (unpaired) electrons. The van der Waals surface area contributed by atoms with Gasteiger partial charge in [0.15, 0.2) is 0 Å². The number of benzene rings is 1. The Morgan fingerprint density at radius 1 is 1.00 bits per heavy atom. The second-order valence-corrected chi connectivity index (χ2v) is 5.69. The van der Waals surface area contributed by atoms with E-state index in [1.807, 2.05) is 0 Å². The van der Waals surface area contributed by atoms with Crippen LogP contribution in [0.4, 0.5) is 0 Å². The van der Waals surface area contributed by atoms with Gasteiger partial charge in [0, 0.05) is 25.8 Å². The summed E-state index contributed by atoms with van der Waals surface area (Å²) in [5.74, 6) is -0.0406. The molecule has 0 fully saturated rings. The summed E-state index contributed by atoms with van der Waals surface area (Å²) < 4.78 is 20.8. The molecule has 1 heterocycles. The molecule has 0 aliphatic rings. The van der Waals surface area contributed by atoms with E-state index in [-0.39, 0.29) is 12.2 Å². The van der Waals surface area contributed by atoms with Gasteiger partial charge in [-0.1, -0.05) is 18.2 Å². The van der Waals surface area contributed by atoms with E-state index in [1.54, 1.807) is 50.8 Å². The normalized spacial score (nSPS) is 11.0. The Hall–Kier alpha value is -2.90. The van der Waals surface area contributed by atoms with Gasteiger partial charge in [0.25, 0.3) is 0 Å². The van der Waals surface area contributed by atoms with Crippen LogP contribution in [0.3, 0.4) is 0 Å². The Kier molecular flexibility index (Phi) is 7.34. The lowest BCUT2D eigenvalue weighted by Crippen LogP contribution is -2.08. The average molecular weight is 373 g/mol. The number of carboxylic acid groups (broad SMARTS) is 1. The number of ether oxygens (including phenoxy) is 4. The maximum absolute atomic E-state index is 11.8. The van der Waals surface area contributed by atoms with E-state index in [1.165, 1.54) is 14.2 Å². The number of carbonyl (C=O) groups is 1. The van der Waals surface area contributed by atoms with E-state index in [2.05, 4.69) is 4.98 Å². The molecule has 1 aromatic heterocycles. The van der Waals surface area contributed by atoms with E-state index < -0.39 is 5.97 Å². The van der Waals surface area contributed by atoms with E-state index >= 15 is 0 Å². The number of rotatable bonds is 9. The quantitative estimate of drug-likeness (QED) is 0.722. The van der Waals surface area contributed by atoms with Gasteiger partial charge in [-0.3, -0.25) is 0 Å². The Bertz CT molecular complexity index is 831. The van der Waals surface area contributed by atoms with Crippen LogP contribution in [0.15, 0.2) is 24.4 Å². The molecule has 0 aliphatic carbocycles. The molecule has 0 spiro atoms. The van der Waals surface area contributed by atoms with Gasteiger partial charge in [-0.05, 0) is 22.8 Å². The predicted molar refractivity (Wildman–Crippen MR) is 101 cm³/mol. The second kappa shape index (κ2) is 9.70. The summed E-state index contributed by atoms with van der Waals surface area (Å²) in [7, 11) is 6.18. The van der Waals surface area contributed by atoms with Crippen molar-refractivity contribution in [3.05, 3.63) is 52.2 Å². The molecule has 0 saturated carbocycles. The maximum Gasteiger partial charge on any atom is 0.336 e. The molecule has 0 saturated heterocycles. The maximum atomic E-state index is 11.8. The lowest BCUT2D eigenvalue weighted by molar-refractivity contribution is 0.0691. The van der Waals surface area contributed by atoms with Gasteiger partial charge in [-0.2, -0.15) is 0 Å². The van der Waals surface area contributed by atoms with Crippen molar-refractivity contribution in [1.29, 1.82) is 0 Å². The SMILES string of the molecule is COCc1cc(/C=C/c2cc(OC)ncc2OC)c(C(=O)O)c(COC)c1. The first-order valence-corrected chi connectivity index (χ1v) is 8.17. The van der Waals surface area contributed by atoms with E-state index in [9.17, 15) is 9.90 Å². The minimum atomic E-state index is -1.02. The Morgan fingerprint density at radius 3 is 2.30 bits per heavy atom. The molecule has 0 unspecified atom stereocenters. The molecule has 7 heteroatoms. The van der Waals surface area contributed by atoms with Crippen molar-refractivity contribution >= 4 is 18.1 Å². The third kappa shape index (κ3) is 5.06. The highest BCUT2D eigenvalue weighted by atomic mass is 16.5. The van der Waals surface area contributed by atoms with Crippen molar-refractivity contribution in [2.24, 2.45) is 0 Å². The molecule has 0 atom stereocenters. The summed E-state index contributed by atoms with van der Waals surface area (Å²) in [4.78, 5) is 15.9. The van der Waals surface area contributed by atoms with Crippen LogP contribution in [0, 0.1) is 0 Å². The van der Waals surface area contributed by atoms with Gasteiger partial charge in [0.05, 0.1) is 39.2 Å². The van der Waals surface area contributed by atoms with E-state index in [4.69, 9.17) is 18.9 Å². The molecule has 0 bridgehead atoms. The van der Waals surface area contributed by atoms with Gasteiger partial charge < -0.3 is 24.1 Å². The fourth-order valence-corrected chi connectivity index (χ4v) is 2.74. The van der Waals surface area contributed by atoms with Gasteiger partial charge >= 0.3 is 5.97 Å². The lowest BCUT2D eigenvalue weighted by Gasteiger charge is -2.12. The van der Waals surface area contributed by atoms with Crippen LogP contribution in [0.25, 0.3) is 12.2 Å². The Labute approximate surface area is 158 Å². The molecule has 7 nitrogen and oxygen atoms in total. The summed E-state index contributed by atoms with van der Waals surface area (Å²) in [5, 5.41) is 9.70. The van der Waals surface area contributed by atoms with Crippen LogP contribution in [0.2, 0.25) is 0 Å². The predicted octanol–water partition coefficient (Wildman–Crippen LogP) is 3.26. The van der Waals surface area contributed by atoms with Crippen molar-refractivity contribution in [1.82, 2.24) is 4.98 Å². The molecule has 0 aliphatic heterocycles. The van der Waals surface area contributed by atoms with Crippen LogP contribution in [0.1, 0.15) is 32.6 Å². The number of aromatic carboxylic acids is 1. The van der Waals surface area contributed by atoms with Crippen LogP contribution >= 0.6 is 0 Å². The number of carboxylic acids is 1. The highest BCUT2D eigenvalue weighted by Crippen LogP contribution is 2.26. The summed E-state index contributed by atoms with van der Waals surface area (Å²) in [6.07, 6.45) is 5.03. The molecule has 1 N–H and O–H groups in total. The Balaban J connectivity index is 2.56. The van der Waals surface area contributed by atoms with Crippen molar-refractivity contribution in [3.63, 3.8) is 0 Å². The average Bonchev–Trinajstić information content (AvgIpc) is 2.66. The van der Waals surface area contributed by atoms with Crippen molar-refractivity contribution < 1.29 is 28.8 Å². The summed E-state index contributed by atoms with van der Waals surface area (Å²) >= 11 is 0. The van der Waals surface area contributed by atoms with Crippen molar-refractivity contribution in [2.45, 2.75) is 13.2 Å². The fraction of sp³-hybridized carbons (Fsp3) is 0.300. The molecular weight excluding hydrogens is 350 g/mol. The number of hydrogen-bond acceptors (Lipinski definition) is 6. The largest absolute Gasteiger partial charge is 0.495 e. The third-order valence-corrected chi connectivity index (χ3v) is 3.88. The van der Waals surface area contributed by atoms with E-state index in [0.717, 1.165) is 5.56 Å². The zero-order valence-corrected chi connectivity index (χ0v) is 15.8. The summed E-state index contributed by atoms with van der Waals surface area (Å²) in [6.45, 7) is 0.552. The Morgan fingerprint density at radius 2 is 1.70 bits per heavy atom. The summed E-state index contributed by atoms with van der Waals surface area (Å²) in [6, 6.07) is 5.28.